The Balaban J connectivity index is 3.91. The minimum absolute atomic E-state index is 0.406. The van der Waals surface area contributed by atoms with Crippen LogP contribution in [0.15, 0.2) is 0 Å². The number of hydrogen-bond donors (Lipinski definition) is 4. The van der Waals surface area contributed by atoms with Crippen molar-refractivity contribution in [1.29, 1.82) is 0 Å². The second-order valence-corrected chi connectivity index (χ2v) is 2.25. The number of aliphatic carboxylic acids is 3. The van der Waals surface area contributed by atoms with E-state index in [0.717, 1.165) is 0 Å². The van der Waals surface area contributed by atoms with Gasteiger partial charge in [-0.25, -0.2) is 0 Å². The smallest absolute Gasteiger partial charge is 0.319 e. The van der Waals surface area contributed by atoms with Gasteiger partial charge in [-0.15, -0.1) is 0 Å². The van der Waals surface area contributed by atoms with E-state index in [1.165, 1.54) is 0 Å². The predicted octanol–water partition coefficient (Wildman–Crippen LogP) is -1.55. The summed E-state index contributed by atoms with van der Waals surface area (Å²) in [6, 6.07) is 0. The van der Waals surface area contributed by atoms with E-state index in [4.69, 9.17) is 15.3 Å². The highest BCUT2D eigenvalue weighted by Gasteiger charge is 2.25. The molecular weight excluding hydrogens is 182 g/mol. The van der Waals surface area contributed by atoms with Crippen molar-refractivity contribution < 1.29 is 29.7 Å². The van der Waals surface area contributed by atoms with Crippen molar-refractivity contribution in [2.45, 2.75) is 0 Å². The first-order valence-electron chi connectivity index (χ1n) is 3.33. The lowest BCUT2D eigenvalue weighted by Gasteiger charge is -2.06. The Bertz CT molecular complexity index is 211. The lowest BCUT2D eigenvalue weighted by Crippen LogP contribution is -2.36. The predicted molar refractivity (Wildman–Crippen MR) is 39.3 cm³/mol. The maximum atomic E-state index is 10.2. The monoisotopic (exact) mass is 191 g/mol. The van der Waals surface area contributed by atoms with Crippen LogP contribution in [0.5, 0.6) is 0 Å². The van der Waals surface area contributed by atoms with E-state index in [9.17, 15) is 14.4 Å². The maximum absolute atomic E-state index is 10.2. The second-order valence-electron chi connectivity index (χ2n) is 2.25. The van der Waals surface area contributed by atoms with Gasteiger partial charge in [0, 0.05) is 6.54 Å². The molecule has 74 valence electrons. The Morgan fingerprint density at radius 3 is 1.85 bits per heavy atom. The third-order valence-electron chi connectivity index (χ3n) is 1.22. The molecule has 0 aliphatic carbocycles. The minimum atomic E-state index is -1.61. The Labute approximate surface area is 73.0 Å². The molecule has 0 bridgehead atoms. The molecule has 0 unspecified atom stereocenters. The van der Waals surface area contributed by atoms with Crippen molar-refractivity contribution in [3.8, 4) is 0 Å². The fourth-order valence-corrected chi connectivity index (χ4v) is 0.604. The molecule has 0 aromatic heterocycles. The molecule has 0 aromatic carbocycles. The summed E-state index contributed by atoms with van der Waals surface area (Å²) in [5.74, 6) is -5.77. The van der Waals surface area contributed by atoms with E-state index < -0.39 is 36.9 Å². The molecule has 13 heavy (non-hydrogen) atoms. The van der Waals surface area contributed by atoms with Crippen LogP contribution in [0.25, 0.3) is 0 Å². The van der Waals surface area contributed by atoms with E-state index in [-0.39, 0.29) is 0 Å². The number of carboxylic acid groups (broad SMARTS) is 3. The summed E-state index contributed by atoms with van der Waals surface area (Å²) in [4.78, 5) is 30.5. The molecule has 4 N–H and O–H groups in total. The summed E-state index contributed by atoms with van der Waals surface area (Å²) < 4.78 is 0. The van der Waals surface area contributed by atoms with Crippen LogP contribution < -0.4 is 5.32 Å². The molecule has 0 atom stereocenters. The van der Waals surface area contributed by atoms with E-state index in [0.29, 0.717) is 0 Å². The number of carboxylic acids is 3. The molecule has 0 amide bonds. The Hall–Kier alpha value is -1.63. The van der Waals surface area contributed by atoms with Crippen molar-refractivity contribution in [2.75, 3.05) is 13.1 Å². The average molecular weight is 191 g/mol. The van der Waals surface area contributed by atoms with Crippen LogP contribution in [0, 0.1) is 5.92 Å². The fourth-order valence-electron chi connectivity index (χ4n) is 0.604. The Kier molecular flexibility index (Phi) is 4.45. The highest BCUT2D eigenvalue weighted by molar-refractivity contribution is 5.93. The van der Waals surface area contributed by atoms with Gasteiger partial charge in [0.05, 0.1) is 6.54 Å². The molecule has 0 spiro atoms. The van der Waals surface area contributed by atoms with Crippen LogP contribution in [0.2, 0.25) is 0 Å². The van der Waals surface area contributed by atoms with Gasteiger partial charge in [0.1, 0.15) is 0 Å². The van der Waals surface area contributed by atoms with Gasteiger partial charge in [-0.3, -0.25) is 14.4 Å². The van der Waals surface area contributed by atoms with Crippen LogP contribution in [-0.2, 0) is 14.4 Å². The van der Waals surface area contributed by atoms with Crippen LogP contribution in [0.1, 0.15) is 0 Å². The number of hydrogen-bond acceptors (Lipinski definition) is 4. The molecule has 0 saturated heterocycles. The average Bonchev–Trinajstić information content (AvgIpc) is 1.95. The van der Waals surface area contributed by atoms with Gasteiger partial charge in [0.25, 0.3) is 0 Å². The van der Waals surface area contributed by atoms with Crippen molar-refractivity contribution >= 4 is 17.9 Å². The zero-order valence-electron chi connectivity index (χ0n) is 6.56. The first kappa shape index (κ1) is 11.4. The molecular formula is C6H9NO6. The van der Waals surface area contributed by atoms with Crippen LogP contribution in [-0.4, -0.2) is 46.3 Å². The number of carbonyl (C=O) groups is 3. The van der Waals surface area contributed by atoms with E-state index in [2.05, 4.69) is 5.32 Å². The molecule has 0 fully saturated rings. The molecule has 0 radical (unpaired) electrons. The van der Waals surface area contributed by atoms with Gasteiger partial charge >= 0.3 is 17.9 Å². The second kappa shape index (κ2) is 5.09. The Morgan fingerprint density at radius 1 is 1.08 bits per heavy atom. The molecule has 7 nitrogen and oxygen atoms in total. The topological polar surface area (TPSA) is 124 Å². The van der Waals surface area contributed by atoms with Crippen LogP contribution in [0.3, 0.4) is 0 Å². The molecule has 0 saturated carbocycles. The molecule has 0 rings (SSSR count). The van der Waals surface area contributed by atoms with Crippen molar-refractivity contribution in [3.63, 3.8) is 0 Å². The van der Waals surface area contributed by atoms with E-state index in [1.54, 1.807) is 0 Å². The normalized spacial score (nSPS) is 9.92. The summed E-state index contributed by atoms with van der Waals surface area (Å²) in [7, 11) is 0. The van der Waals surface area contributed by atoms with Gasteiger partial charge in [-0.05, 0) is 0 Å². The summed E-state index contributed by atoms with van der Waals surface area (Å²) in [5, 5.41) is 27.0. The first-order chi connectivity index (χ1) is 5.95. The summed E-state index contributed by atoms with van der Waals surface area (Å²) in [5.41, 5.74) is 0. The number of rotatable bonds is 6. The number of nitrogens with one attached hydrogen (secondary N) is 1. The summed E-state index contributed by atoms with van der Waals surface area (Å²) >= 11 is 0. The zero-order chi connectivity index (χ0) is 10.4. The zero-order valence-corrected chi connectivity index (χ0v) is 6.56. The first-order valence-corrected chi connectivity index (χ1v) is 3.33. The van der Waals surface area contributed by atoms with E-state index in [1.807, 2.05) is 0 Å². The molecule has 0 aliphatic heterocycles. The van der Waals surface area contributed by atoms with Gasteiger partial charge in [-0.1, -0.05) is 0 Å². The highest BCUT2D eigenvalue weighted by Crippen LogP contribution is 1.94. The minimum Gasteiger partial charge on any atom is -0.481 e. The van der Waals surface area contributed by atoms with E-state index >= 15 is 0 Å². The lowest BCUT2D eigenvalue weighted by atomic mass is 10.1. The highest BCUT2D eigenvalue weighted by atomic mass is 16.4. The standard InChI is InChI=1S/C6H9NO6/c8-4(9)2-7-1-3(5(10)11)6(12)13/h3,7H,1-2H2,(H,8,9)(H,10,11)(H,12,13). The lowest BCUT2D eigenvalue weighted by molar-refractivity contribution is -0.154. The Morgan fingerprint density at radius 2 is 1.54 bits per heavy atom. The third-order valence-corrected chi connectivity index (χ3v) is 1.22. The largest absolute Gasteiger partial charge is 0.481 e. The molecule has 0 aromatic rings. The van der Waals surface area contributed by atoms with Crippen molar-refractivity contribution in [3.05, 3.63) is 0 Å². The van der Waals surface area contributed by atoms with Gasteiger partial charge in [0.2, 0.25) is 0 Å². The van der Waals surface area contributed by atoms with Crippen LogP contribution >= 0.6 is 0 Å². The molecule has 7 heteroatoms. The third kappa shape index (κ3) is 4.75. The molecule has 0 aliphatic rings. The maximum Gasteiger partial charge on any atom is 0.319 e. The summed E-state index contributed by atoms with van der Waals surface area (Å²) in [6.07, 6.45) is 0. The van der Waals surface area contributed by atoms with Gasteiger partial charge in [0.15, 0.2) is 5.92 Å². The fraction of sp³-hybridized carbons (Fsp3) is 0.500. The van der Waals surface area contributed by atoms with Gasteiger partial charge in [-0.2, -0.15) is 0 Å². The SMILES string of the molecule is O=C(O)CNCC(C(=O)O)C(=O)O. The summed E-state index contributed by atoms with van der Waals surface area (Å²) in [6.45, 7) is -0.867. The van der Waals surface area contributed by atoms with Crippen molar-refractivity contribution in [2.24, 2.45) is 5.92 Å². The quantitative estimate of drug-likeness (QED) is 0.374. The van der Waals surface area contributed by atoms with Gasteiger partial charge < -0.3 is 20.6 Å². The van der Waals surface area contributed by atoms with Crippen molar-refractivity contribution in [1.82, 2.24) is 5.32 Å². The van der Waals surface area contributed by atoms with Crippen LogP contribution in [0.4, 0.5) is 0 Å². The molecule has 0 heterocycles.